The molecule has 0 unspecified atom stereocenters. The number of nitrogens with one attached hydrogen (secondary N) is 2. The Labute approximate surface area is 211 Å². The van der Waals surface area contributed by atoms with Gasteiger partial charge < -0.3 is 10.1 Å². The number of nitrogens with zero attached hydrogens (tertiary/aromatic N) is 3. The van der Waals surface area contributed by atoms with Gasteiger partial charge in [0.2, 0.25) is 11.7 Å². The van der Waals surface area contributed by atoms with E-state index in [9.17, 15) is 9.59 Å². The van der Waals surface area contributed by atoms with Crippen LogP contribution < -0.4 is 15.6 Å². The van der Waals surface area contributed by atoms with Crippen LogP contribution in [0.5, 0.6) is 5.75 Å². The number of aromatic amines is 1. The van der Waals surface area contributed by atoms with Gasteiger partial charge in [0.05, 0.1) is 29.1 Å². The minimum absolute atomic E-state index is 0.0566. The zero-order valence-corrected chi connectivity index (χ0v) is 21.1. The van der Waals surface area contributed by atoms with Crippen molar-refractivity contribution in [1.82, 2.24) is 19.6 Å². The summed E-state index contributed by atoms with van der Waals surface area (Å²) in [4.78, 5) is 31.2. The number of H-pyrrole nitrogens is 1. The third-order valence-corrected chi connectivity index (χ3v) is 7.76. The molecule has 2 aromatic carbocycles. The number of carbonyl (C=O) groups is 1. The quantitative estimate of drug-likeness (QED) is 0.365. The Bertz CT molecular complexity index is 1520. The van der Waals surface area contributed by atoms with Crippen molar-refractivity contribution in [2.75, 3.05) is 18.2 Å². The zero-order chi connectivity index (χ0) is 24.7. The molecule has 180 valence electrons. The van der Waals surface area contributed by atoms with Gasteiger partial charge in [0, 0.05) is 16.7 Å². The molecule has 8 nitrogen and oxygen atoms in total. The summed E-state index contributed by atoms with van der Waals surface area (Å²) in [6.45, 7) is 4.20. The van der Waals surface area contributed by atoms with Gasteiger partial charge in [-0.1, -0.05) is 61.5 Å². The highest BCUT2D eigenvalue weighted by Crippen LogP contribution is 2.42. The molecular formula is C25H24ClN5O3S. The molecule has 4 aromatic rings. The highest BCUT2D eigenvalue weighted by atomic mass is 35.5. The fourth-order valence-corrected chi connectivity index (χ4v) is 5.54. The lowest BCUT2D eigenvalue weighted by atomic mass is 9.69. The number of hydrogen-bond acceptors (Lipinski definition) is 6. The van der Waals surface area contributed by atoms with Crippen LogP contribution in [-0.4, -0.2) is 38.4 Å². The number of rotatable bonds is 6. The van der Waals surface area contributed by atoms with Crippen molar-refractivity contribution >= 4 is 40.7 Å². The van der Waals surface area contributed by atoms with E-state index >= 15 is 0 Å². The maximum Gasteiger partial charge on any atom is 0.265 e. The second-order valence-corrected chi connectivity index (χ2v) is 10.1. The molecule has 10 heteroatoms. The Morgan fingerprint density at radius 2 is 2.11 bits per heavy atom. The lowest BCUT2D eigenvalue weighted by molar-refractivity contribution is -0.113. The number of anilines is 1. The van der Waals surface area contributed by atoms with Crippen LogP contribution in [-0.2, 0) is 16.6 Å². The molecular weight excluding hydrogens is 486 g/mol. The van der Waals surface area contributed by atoms with Crippen LogP contribution in [0.15, 0.2) is 52.4 Å². The second kappa shape index (κ2) is 9.05. The van der Waals surface area contributed by atoms with Gasteiger partial charge in [0.25, 0.3) is 5.56 Å². The summed E-state index contributed by atoms with van der Waals surface area (Å²) in [5.41, 5.74) is 3.62. The largest absolute Gasteiger partial charge is 0.495 e. The van der Waals surface area contributed by atoms with E-state index in [0.717, 1.165) is 30.2 Å². The molecule has 0 saturated carbocycles. The number of carbonyl (C=O) groups excluding carboxylic acids is 1. The molecule has 1 amide bonds. The summed E-state index contributed by atoms with van der Waals surface area (Å²) < 4.78 is 6.61. The number of methoxy groups -OCH3 is 1. The van der Waals surface area contributed by atoms with E-state index < -0.39 is 0 Å². The molecule has 1 atom stereocenters. The van der Waals surface area contributed by atoms with E-state index in [4.69, 9.17) is 21.3 Å². The normalized spacial score (nSPS) is 16.6. The van der Waals surface area contributed by atoms with Crippen LogP contribution in [0.1, 0.15) is 31.4 Å². The van der Waals surface area contributed by atoms with E-state index in [1.165, 1.54) is 17.1 Å². The zero-order valence-electron chi connectivity index (χ0n) is 19.5. The fourth-order valence-electron chi connectivity index (χ4n) is 4.54. The van der Waals surface area contributed by atoms with Crippen LogP contribution in [0.2, 0.25) is 5.02 Å². The van der Waals surface area contributed by atoms with Crippen molar-refractivity contribution < 1.29 is 9.53 Å². The number of benzene rings is 2. The Kier molecular flexibility index (Phi) is 6.06. The molecule has 0 spiro atoms. The number of ether oxygens (including phenoxy) is 1. The van der Waals surface area contributed by atoms with Gasteiger partial charge in [0.1, 0.15) is 5.75 Å². The van der Waals surface area contributed by atoms with Crippen molar-refractivity contribution in [3.8, 4) is 17.0 Å². The minimum Gasteiger partial charge on any atom is -0.495 e. The highest BCUT2D eigenvalue weighted by molar-refractivity contribution is 7.99. The van der Waals surface area contributed by atoms with Crippen molar-refractivity contribution in [1.29, 1.82) is 0 Å². The second-order valence-electron chi connectivity index (χ2n) is 8.74. The number of hydrogen-bond donors (Lipinski definition) is 2. The molecule has 0 bridgehead atoms. The van der Waals surface area contributed by atoms with Gasteiger partial charge in [-0.05, 0) is 36.6 Å². The predicted molar refractivity (Wildman–Crippen MR) is 138 cm³/mol. The molecule has 0 aliphatic heterocycles. The molecule has 2 N–H and O–H groups in total. The molecule has 0 saturated heterocycles. The number of amides is 1. The summed E-state index contributed by atoms with van der Waals surface area (Å²) >= 11 is 7.30. The van der Waals surface area contributed by atoms with Crippen LogP contribution >= 0.6 is 23.4 Å². The van der Waals surface area contributed by atoms with Crippen LogP contribution in [0.4, 0.5) is 5.69 Å². The SMILES string of the molecule is CC[C@]1(C)Cc2ccccc2-c2nc3[nH]nc(SCC(=O)Nc4ccc(OC)c(Cl)c4)n3c(=O)c21. The predicted octanol–water partition coefficient (Wildman–Crippen LogP) is 4.70. The van der Waals surface area contributed by atoms with Gasteiger partial charge in [-0.25, -0.2) is 14.5 Å². The maximum absolute atomic E-state index is 13.8. The van der Waals surface area contributed by atoms with E-state index in [-0.39, 0.29) is 22.6 Å². The first kappa shape index (κ1) is 23.4. The molecule has 2 heterocycles. The van der Waals surface area contributed by atoms with Crippen LogP contribution in [0.3, 0.4) is 0 Å². The standard InChI is InChI=1S/C25H24ClN5O3S/c1-4-25(2)12-14-7-5-6-8-16(14)21-20(25)22(33)31-23(28-21)29-30-24(31)35-13-19(32)27-15-9-10-18(34-3)17(26)11-15/h5-11H,4,12-13H2,1-3H3,(H,27,32)(H,28,29)/t25-/m1/s1. The number of halogens is 1. The first-order chi connectivity index (χ1) is 16.8. The van der Waals surface area contributed by atoms with Crippen LogP contribution in [0, 0.1) is 0 Å². The highest BCUT2D eigenvalue weighted by Gasteiger charge is 2.38. The van der Waals surface area contributed by atoms with Crippen LogP contribution in [0.25, 0.3) is 17.0 Å². The molecule has 1 aliphatic rings. The topological polar surface area (TPSA) is 101 Å². The fraction of sp³-hybridized carbons (Fsp3) is 0.280. The third-order valence-electron chi connectivity index (χ3n) is 6.53. The maximum atomic E-state index is 13.8. The number of thioether (sulfide) groups is 1. The van der Waals surface area contributed by atoms with Crippen molar-refractivity contribution in [3.63, 3.8) is 0 Å². The van der Waals surface area contributed by atoms with Gasteiger partial charge in [-0.2, -0.15) is 0 Å². The molecule has 2 aromatic heterocycles. The van der Waals surface area contributed by atoms with Crippen molar-refractivity contribution in [2.24, 2.45) is 0 Å². The molecule has 0 radical (unpaired) electrons. The Balaban J connectivity index is 1.45. The van der Waals surface area contributed by atoms with Gasteiger partial charge in [-0.3, -0.25) is 9.59 Å². The minimum atomic E-state index is -0.348. The Morgan fingerprint density at radius 3 is 2.86 bits per heavy atom. The lowest BCUT2D eigenvalue weighted by Gasteiger charge is -2.34. The molecule has 35 heavy (non-hydrogen) atoms. The number of fused-ring (bicyclic) bond motifs is 4. The van der Waals surface area contributed by atoms with Gasteiger partial charge in [-0.15, -0.1) is 5.10 Å². The number of aromatic nitrogens is 4. The summed E-state index contributed by atoms with van der Waals surface area (Å²) in [5, 5.41) is 10.8. The molecule has 0 fully saturated rings. The average molecular weight is 510 g/mol. The molecule has 5 rings (SSSR count). The van der Waals surface area contributed by atoms with Crippen molar-refractivity contribution in [2.45, 2.75) is 37.3 Å². The Morgan fingerprint density at radius 1 is 1.31 bits per heavy atom. The monoisotopic (exact) mass is 509 g/mol. The first-order valence-corrected chi connectivity index (χ1v) is 12.6. The van der Waals surface area contributed by atoms with Gasteiger partial charge >= 0.3 is 0 Å². The lowest BCUT2D eigenvalue weighted by Crippen LogP contribution is -2.37. The van der Waals surface area contributed by atoms with Gasteiger partial charge in [0.15, 0.2) is 5.16 Å². The smallest absolute Gasteiger partial charge is 0.265 e. The average Bonchev–Trinajstić information content (AvgIpc) is 3.26. The van der Waals surface area contributed by atoms with E-state index in [0.29, 0.717) is 38.7 Å². The Hall–Kier alpha value is -3.30. The van der Waals surface area contributed by atoms with E-state index in [1.807, 2.05) is 18.2 Å². The summed E-state index contributed by atoms with van der Waals surface area (Å²) in [6, 6.07) is 13.1. The van der Waals surface area contributed by atoms with E-state index in [2.05, 4.69) is 35.4 Å². The van der Waals surface area contributed by atoms with E-state index in [1.54, 1.807) is 18.2 Å². The summed E-state index contributed by atoms with van der Waals surface area (Å²) in [5.74, 6) is 0.687. The first-order valence-electron chi connectivity index (χ1n) is 11.2. The van der Waals surface area contributed by atoms with Crippen molar-refractivity contribution in [3.05, 3.63) is 69.0 Å². The molecule has 1 aliphatic carbocycles. The summed E-state index contributed by atoms with van der Waals surface area (Å²) in [7, 11) is 1.53. The summed E-state index contributed by atoms with van der Waals surface area (Å²) in [6.07, 6.45) is 1.56. The third kappa shape index (κ3) is 4.08.